The summed E-state index contributed by atoms with van der Waals surface area (Å²) in [5.74, 6) is -0.489. The van der Waals surface area contributed by atoms with E-state index in [1.54, 1.807) is 6.07 Å². The number of hydrogen-bond donors (Lipinski definition) is 0. The molecule has 0 atom stereocenters. The van der Waals surface area contributed by atoms with Crippen LogP contribution in [0.15, 0.2) is 42.9 Å². The summed E-state index contributed by atoms with van der Waals surface area (Å²) in [6, 6.07) is 7.29. The van der Waals surface area contributed by atoms with Crippen molar-refractivity contribution in [2.75, 3.05) is 14.2 Å². The average Bonchev–Trinajstić information content (AvgIpc) is 2.96. The molecule has 116 valence electrons. The normalized spacial score (nSPS) is 11.1. The van der Waals surface area contributed by atoms with Crippen LogP contribution >= 0.6 is 11.6 Å². The second kappa shape index (κ2) is 7.51. The molecule has 1 aromatic carbocycles. The van der Waals surface area contributed by atoms with Gasteiger partial charge in [0.05, 0.1) is 37.9 Å². The quantitative estimate of drug-likeness (QED) is 0.464. The van der Waals surface area contributed by atoms with E-state index in [-0.39, 0.29) is 6.61 Å². The lowest BCUT2D eigenvalue weighted by atomic mass is 10.0. The minimum atomic E-state index is -0.489. The van der Waals surface area contributed by atoms with Crippen LogP contribution in [0.25, 0.3) is 5.57 Å². The summed E-state index contributed by atoms with van der Waals surface area (Å²) in [4.78, 5) is 18.6. The molecule has 0 radical (unpaired) electrons. The molecule has 6 nitrogen and oxygen atoms in total. The second-order valence-electron chi connectivity index (χ2n) is 4.25. The van der Waals surface area contributed by atoms with Gasteiger partial charge in [-0.25, -0.2) is 4.79 Å². The van der Waals surface area contributed by atoms with Crippen LogP contribution in [0.5, 0.6) is 0 Å². The maximum Gasteiger partial charge on any atom is 0.341 e. The Hall–Kier alpha value is -2.47. The number of hydrogen-bond acceptors (Lipinski definition) is 5. The number of nitrogens with zero attached hydrogens (tertiary/aromatic N) is 2. The van der Waals surface area contributed by atoms with Gasteiger partial charge in [-0.1, -0.05) is 35.9 Å². The Kier molecular flexibility index (Phi) is 5.43. The van der Waals surface area contributed by atoms with E-state index < -0.39 is 5.97 Å². The zero-order valence-electron chi connectivity index (χ0n) is 12.2. The van der Waals surface area contributed by atoms with Crippen LogP contribution in [0.2, 0.25) is 5.02 Å². The highest BCUT2D eigenvalue weighted by molar-refractivity contribution is 6.30. The third kappa shape index (κ3) is 3.79. The maximum atomic E-state index is 11.9. The van der Waals surface area contributed by atoms with Crippen molar-refractivity contribution in [3.05, 3.63) is 59.1 Å². The van der Waals surface area contributed by atoms with Crippen LogP contribution < -0.4 is 4.84 Å². The zero-order chi connectivity index (χ0) is 15.9. The van der Waals surface area contributed by atoms with Crippen molar-refractivity contribution in [3.8, 4) is 0 Å². The van der Waals surface area contributed by atoms with Gasteiger partial charge in [0.25, 0.3) is 0 Å². The number of methoxy groups -OCH3 is 2. The Labute approximate surface area is 132 Å². The molecule has 0 saturated heterocycles. The molecule has 22 heavy (non-hydrogen) atoms. The van der Waals surface area contributed by atoms with E-state index in [0.29, 0.717) is 16.2 Å². The Morgan fingerprint density at radius 1 is 1.36 bits per heavy atom. The average molecular weight is 323 g/mol. The second-order valence-corrected chi connectivity index (χ2v) is 4.69. The molecule has 0 amide bonds. The lowest BCUT2D eigenvalue weighted by molar-refractivity contribution is -0.133. The highest BCUT2D eigenvalue weighted by atomic mass is 35.5. The number of esters is 1. The molecule has 0 unspecified atom stereocenters. The Bertz CT molecular complexity index is 682. The smallest absolute Gasteiger partial charge is 0.341 e. The summed E-state index contributed by atoms with van der Waals surface area (Å²) in [7, 11) is 2.78. The highest BCUT2D eigenvalue weighted by Crippen LogP contribution is 2.21. The number of carbonyl (C=O) groups excluding carboxylic acids is 1. The van der Waals surface area contributed by atoms with Gasteiger partial charge in [-0.05, 0) is 5.56 Å². The number of ether oxygens (including phenoxy) is 2. The van der Waals surface area contributed by atoms with E-state index in [1.807, 2.05) is 18.2 Å². The van der Waals surface area contributed by atoms with Crippen molar-refractivity contribution in [2.45, 2.75) is 6.61 Å². The van der Waals surface area contributed by atoms with Gasteiger partial charge in [-0.2, -0.15) is 0 Å². The van der Waals surface area contributed by atoms with E-state index in [0.717, 1.165) is 5.56 Å². The number of halogens is 1. The maximum absolute atomic E-state index is 11.9. The predicted octanol–water partition coefficient (Wildman–Crippen LogP) is 2.33. The fourth-order valence-electron chi connectivity index (χ4n) is 1.85. The number of carbonyl (C=O) groups is 1. The molecular weight excluding hydrogens is 308 g/mol. The Morgan fingerprint density at radius 3 is 2.77 bits per heavy atom. The van der Waals surface area contributed by atoms with E-state index in [2.05, 4.69) is 5.10 Å². The summed E-state index contributed by atoms with van der Waals surface area (Å²) < 4.78 is 9.74. The van der Waals surface area contributed by atoms with Gasteiger partial charge >= 0.3 is 5.97 Å². The van der Waals surface area contributed by atoms with Crippen LogP contribution in [0.4, 0.5) is 0 Å². The van der Waals surface area contributed by atoms with Crippen molar-refractivity contribution in [1.29, 1.82) is 0 Å². The molecule has 0 aliphatic rings. The fraction of sp³-hybridized carbons (Fsp3) is 0.200. The van der Waals surface area contributed by atoms with Crippen LogP contribution in [0, 0.1) is 0 Å². The molecule has 1 aromatic heterocycles. The van der Waals surface area contributed by atoms with Crippen LogP contribution in [0.3, 0.4) is 0 Å². The molecule has 0 N–H and O–H groups in total. The molecule has 0 aliphatic carbocycles. The standard InChI is InChI=1S/C15H15ClN2O4/c1-20-10-14(15(19)21-2)13-6-4-3-5-11(13)9-22-18-8-12(16)7-17-18/h3-8,10H,9H2,1-2H3/b14-10-. The topological polar surface area (TPSA) is 62.6 Å². The van der Waals surface area contributed by atoms with E-state index >= 15 is 0 Å². The van der Waals surface area contributed by atoms with Gasteiger partial charge in [0.1, 0.15) is 12.2 Å². The molecule has 0 spiro atoms. The summed E-state index contributed by atoms with van der Waals surface area (Å²) in [5.41, 5.74) is 1.75. The van der Waals surface area contributed by atoms with Crippen molar-refractivity contribution >= 4 is 23.1 Å². The molecule has 0 fully saturated rings. The summed E-state index contributed by atoms with van der Waals surface area (Å²) >= 11 is 5.78. The first kappa shape index (κ1) is 15.9. The molecule has 2 rings (SSSR count). The molecule has 2 aromatic rings. The lowest BCUT2D eigenvalue weighted by Gasteiger charge is -2.12. The molecule has 0 bridgehead atoms. The third-order valence-electron chi connectivity index (χ3n) is 2.83. The summed E-state index contributed by atoms with van der Waals surface area (Å²) in [6.07, 6.45) is 4.35. The number of aromatic nitrogens is 2. The number of benzene rings is 1. The van der Waals surface area contributed by atoms with Crippen molar-refractivity contribution in [2.24, 2.45) is 0 Å². The van der Waals surface area contributed by atoms with Gasteiger partial charge in [0.2, 0.25) is 0 Å². The Morgan fingerprint density at radius 2 is 2.14 bits per heavy atom. The van der Waals surface area contributed by atoms with Gasteiger partial charge in [-0.15, -0.1) is 9.94 Å². The molecule has 0 aliphatic heterocycles. The third-order valence-corrected chi connectivity index (χ3v) is 3.02. The van der Waals surface area contributed by atoms with Crippen LogP contribution in [-0.2, 0) is 20.9 Å². The van der Waals surface area contributed by atoms with Crippen molar-refractivity contribution < 1.29 is 19.1 Å². The fourth-order valence-corrected chi connectivity index (χ4v) is 1.98. The summed E-state index contributed by atoms with van der Waals surface area (Å²) in [6.45, 7) is 0.201. The van der Waals surface area contributed by atoms with Gasteiger partial charge in [0.15, 0.2) is 0 Å². The summed E-state index contributed by atoms with van der Waals surface area (Å²) in [5, 5.41) is 4.40. The highest BCUT2D eigenvalue weighted by Gasteiger charge is 2.17. The predicted molar refractivity (Wildman–Crippen MR) is 81.0 cm³/mol. The van der Waals surface area contributed by atoms with Gasteiger partial charge in [-0.3, -0.25) is 0 Å². The van der Waals surface area contributed by atoms with Crippen LogP contribution in [-0.4, -0.2) is 30.1 Å². The van der Waals surface area contributed by atoms with Gasteiger partial charge < -0.3 is 14.3 Å². The largest absolute Gasteiger partial charge is 0.503 e. The monoisotopic (exact) mass is 322 g/mol. The zero-order valence-corrected chi connectivity index (χ0v) is 12.9. The van der Waals surface area contributed by atoms with E-state index in [1.165, 1.54) is 37.7 Å². The van der Waals surface area contributed by atoms with Crippen molar-refractivity contribution in [3.63, 3.8) is 0 Å². The minimum absolute atomic E-state index is 0.201. The van der Waals surface area contributed by atoms with E-state index in [4.69, 9.17) is 25.9 Å². The first-order valence-corrected chi connectivity index (χ1v) is 6.76. The first-order chi connectivity index (χ1) is 10.7. The molecular formula is C15H15ClN2O4. The molecule has 7 heteroatoms. The van der Waals surface area contributed by atoms with Crippen LogP contribution in [0.1, 0.15) is 11.1 Å². The molecule has 0 saturated carbocycles. The van der Waals surface area contributed by atoms with Gasteiger partial charge in [0, 0.05) is 5.56 Å². The lowest BCUT2D eigenvalue weighted by Crippen LogP contribution is -2.14. The van der Waals surface area contributed by atoms with E-state index in [9.17, 15) is 4.79 Å². The Balaban J connectivity index is 2.25. The molecule has 1 heterocycles. The minimum Gasteiger partial charge on any atom is -0.503 e. The SMILES string of the molecule is CO/C=C(\C(=O)OC)c1ccccc1COn1cc(Cl)cn1. The van der Waals surface area contributed by atoms with Crippen molar-refractivity contribution in [1.82, 2.24) is 9.94 Å². The first-order valence-electron chi connectivity index (χ1n) is 6.38. The number of rotatable bonds is 6.